The van der Waals surface area contributed by atoms with Crippen molar-refractivity contribution in [2.24, 2.45) is 5.92 Å². The van der Waals surface area contributed by atoms with E-state index in [0.717, 1.165) is 31.2 Å². The minimum Gasteiger partial charge on any atom is -0.381 e. The van der Waals surface area contributed by atoms with E-state index >= 15 is 0 Å². The summed E-state index contributed by atoms with van der Waals surface area (Å²) < 4.78 is 34.6. The van der Waals surface area contributed by atoms with Gasteiger partial charge in [-0.25, -0.2) is 0 Å². The van der Waals surface area contributed by atoms with Gasteiger partial charge in [0.25, 0.3) is 10.1 Å². The van der Waals surface area contributed by atoms with Crippen LogP contribution in [0.1, 0.15) is 31.2 Å². The van der Waals surface area contributed by atoms with Gasteiger partial charge in [0, 0.05) is 7.11 Å². The van der Waals surface area contributed by atoms with Gasteiger partial charge in [-0.05, 0) is 50.7 Å². The van der Waals surface area contributed by atoms with Crippen molar-refractivity contribution in [2.45, 2.75) is 43.6 Å². The zero-order valence-corrected chi connectivity index (χ0v) is 12.9. The molecular formula is C15H22O4S. The predicted octanol–water partition coefficient (Wildman–Crippen LogP) is 2.91. The van der Waals surface area contributed by atoms with Crippen molar-refractivity contribution in [1.29, 1.82) is 0 Å². The van der Waals surface area contributed by atoms with Crippen molar-refractivity contribution in [2.75, 3.05) is 13.7 Å². The molecule has 0 amide bonds. The summed E-state index contributed by atoms with van der Waals surface area (Å²) in [7, 11) is -1.90. The van der Waals surface area contributed by atoms with Gasteiger partial charge in [-0.15, -0.1) is 0 Å². The monoisotopic (exact) mass is 298 g/mol. The van der Waals surface area contributed by atoms with Crippen molar-refractivity contribution >= 4 is 10.1 Å². The second-order valence-electron chi connectivity index (χ2n) is 5.43. The van der Waals surface area contributed by atoms with E-state index in [4.69, 9.17) is 8.92 Å². The SMILES string of the molecule is CO[C@H]1CC[C@@H](COS(=O)(=O)c2ccc(C)cc2)CC1. The first-order valence-corrected chi connectivity index (χ1v) is 8.41. The molecule has 0 aliphatic heterocycles. The molecule has 1 aliphatic carbocycles. The highest BCUT2D eigenvalue weighted by Crippen LogP contribution is 2.27. The van der Waals surface area contributed by atoms with E-state index in [-0.39, 0.29) is 11.5 Å². The number of ether oxygens (including phenoxy) is 1. The molecule has 0 aromatic heterocycles. The van der Waals surface area contributed by atoms with E-state index < -0.39 is 10.1 Å². The lowest BCUT2D eigenvalue weighted by atomic mass is 9.88. The van der Waals surface area contributed by atoms with E-state index in [0.29, 0.717) is 12.0 Å². The molecule has 5 heteroatoms. The maximum Gasteiger partial charge on any atom is 0.296 e. The maximum atomic E-state index is 12.1. The molecule has 2 rings (SSSR count). The summed E-state index contributed by atoms with van der Waals surface area (Å²) in [6, 6.07) is 6.74. The Balaban J connectivity index is 1.88. The lowest BCUT2D eigenvalue weighted by Gasteiger charge is -2.27. The predicted molar refractivity (Wildman–Crippen MR) is 77.1 cm³/mol. The zero-order chi connectivity index (χ0) is 14.6. The molecule has 0 saturated heterocycles. The number of hydrogen-bond donors (Lipinski definition) is 0. The largest absolute Gasteiger partial charge is 0.381 e. The topological polar surface area (TPSA) is 52.6 Å². The van der Waals surface area contributed by atoms with Crippen LogP contribution in [0.2, 0.25) is 0 Å². The van der Waals surface area contributed by atoms with Crippen molar-refractivity contribution in [3.05, 3.63) is 29.8 Å². The Kier molecular flexibility index (Phi) is 5.18. The standard InChI is InChI=1S/C15H22O4S/c1-12-3-9-15(10-4-12)20(16,17)19-11-13-5-7-14(18-2)8-6-13/h3-4,9-10,13-14H,5-8,11H2,1-2H3/t13-,14+. The summed E-state index contributed by atoms with van der Waals surface area (Å²) in [6.07, 6.45) is 4.20. The molecule has 1 aromatic carbocycles. The minimum absolute atomic E-state index is 0.230. The molecule has 0 unspecified atom stereocenters. The molecule has 1 saturated carbocycles. The van der Waals surface area contributed by atoms with Crippen LogP contribution in [-0.4, -0.2) is 28.2 Å². The van der Waals surface area contributed by atoms with Crippen LogP contribution in [0.25, 0.3) is 0 Å². The van der Waals surface area contributed by atoms with Gasteiger partial charge >= 0.3 is 0 Å². The Morgan fingerprint density at radius 2 is 1.70 bits per heavy atom. The third-order valence-corrected chi connectivity index (χ3v) is 5.19. The van der Waals surface area contributed by atoms with E-state index in [9.17, 15) is 8.42 Å². The summed E-state index contributed by atoms with van der Waals surface area (Å²) in [5.41, 5.74) is 1.03. The highest BCUT2D eigenvalue weighted by Gasteiger charge is 2.23. The van der Waals surface area contributed by atoms with Gasteiger partial charge in [-0.1, -0.05) is 17.7 Å². The fourth-order valence-electron chi connectivity index (χ4n) is 2.49. The molecule has 1 aliphatic rings. The first kappa shape index (κ1) is 15.5. The molecular weight excluding hydrogens is 276 g/mol. The fourth-order valence-corrected chi connectivity index (χ4v) is 3.47. The molecule has 0 spiro atoms. The van der Waals surface area contributed by atoms with Crippen LogP contribution < -0.4 is 0 Å². The van der Waals surface area contributed by atoms with Crippen LogP contribution in [0.3, 0.4) is 0 Å². The zero-order valence-electron chi connectivity index (χ0n) is 12.0. The summed E-state index contributed by atoms with van der Waals surface area (Å²) in [4.78, 5) is 0.230. The van der Waals surface area contributed by atoms with Gasteiger partial charge in [-0.3, -0.25) is 4.18 Å². The van der Waals surface area contributed by atoms with Crippen LogP contribution in [0, 0.1) is 12.8 Å². The van der Waals surface area contributed by atoms with Crippen molar-refractivity contribution < 1.29 is 17.3 Å². The van der Waals surface area contributed by atoms with Crippen LogP contribution in [-0.2, 0) is 19.0 Å². The number of rotatable bonds is 5. The quantitative estimate of drug-likeness (QED) is 0.784. The molecule has 112 valence electrons. The Hall–Kier alpha value is -0.910. The Bertz CT molecular complexity index is 513. The van der Waals surface area contributed by atoms with E-state index in [1.807, 2.05) is 6.92 Å². The molecule has 0 N–H and O–H groups in total. The highest BCUT2D eigenvalue weighted by molar-refractivity contribution is 7.86. The average molecular weight is 298 g/mol. The molecule has 1 aromatic rings. The molecule has 0 atom stereocenters. The van der Waals surface area contributed by atoms with Crippen LogP contribution in [0.15, 0.2) is 29.2 Å². The van der Waals surface area contributed by atoms with Crippen molar-refractivity contribution in [3.8, 4) is 0 Å². The summed E-state index contributed by atoms with van der Waals surface area (Å²) in [6.45, 7) is 2.19. The summed E-state index contributed by atoms with van der Waals surface area (Å²) in [5.74, 6) is 0.307. The average Bonchev–Trinajstić information content (AvgIpc) is 2.46. The molecule has 1 fully saturated rings. The third kappa shape index (κ3) is 4.04. The van der Waals surface area contributed by atoms with Crippen molar-refractivity contribution in [1.82, 2.24) is 0 Å². The smallest absolute Gasteiger partial charge is 0.296 e. The first-order valence-electron chi connectivity index (χ1n) is 7.00. The Morgan fingerprint density at radius 1 is 1.10 bits per heavy atom. The summed E-state index contributed by atoms with van der Waals surface area (Å²) in [5, 5.41) is 0. The molecule has 0 bridgehead atoms. The van der Waals surface area contributed by atoms with E-state index in [1.54, 1.807) is 31.4 Å². The van der Waals surface area contributed by atoms with Gasteiger partial charge in [0.2, 0.25) is 0 Å². The Morgan fingerprint density at radius 3 is 2.25 bits per heavy atom. The molecule has 4 nitrogen and oxygen atoms in total. The second-order valence-corrected chi connectivity index (χ2v) is 7.05. The van der Waals surface area contributed by atoms with Gasteiger partial charge in [0.05, 0.1) is 17.6 Å². The molecule has 0 heterocycles. The lowest BCUT2D eigenvalue weighted by Crippen LogP contribution is -2.24. The van der Waals surface area contributed by atoms with Crippen LogP contribution in [0.5, 0.6) is 0 Å². The lowest BCUT2D eigenvalue weighted by molar-refractivity contribution is 0.0488. The number of hydrogen-bond acceptors (Lipinski definition) is 4. The second kappa shape index (κ2) is 6.70. The fraction of sp³-hybridized carbons (Fsp3) is 0.600. The normalized spacial score (nSPS) is 23.7. The number of methoxy groups -OCH3 is 1. The molecule has 20 heavy (non-hydrogen) atoms. The van der Waals surface area contributed by atoms with Crippen LogP contribution >= 0.6 is 0 Å². The van der Waals surface area contributed by atoms with E-state index in [2.05, 4.69) is 0 Å². The van der Waals surface area contributed by atoms with Gasteiger partial charge < -0.3 is 4.74 Å². The molecule has 0 radical (unpaired) electrons. The summed E-state index contributed by atoms with van der Waals surface area (Å²) >= 11 is 0. The van der Waals surface area contributed by atoms with Gasteiger partial charge in [-0.2, -0.15) is 8.42 Å². The van der Waals surface area contributed by atoms with Gasteiger partial charge in [0.1, 0.15) is 0 Å². The maximum absolute atomic E-state index is 12.1. The third-order valence-electron chi connectivity index (χ3n) is 3.90. The minimum atomic E-state index is -3.63. The highest BCUT2D eigenvalue weighted by atomic mass is 32.2. The number of benzene rings is 1. The Labute approximate surface area is 121 Å². The number of aryl methyl sites for hydroxylation is 1. The first-order chi connectivity index (χ1) is 9.51. The van der Waals surface area contributed by atoms with Crippen molar-refractivity contribution in [3.63, 3.8) is 0 Å². The van der Waals surface area contributed by atoms with E-state index in [1.165, 1.54) is 0 Å². The van der Waals surface area contributed by atoms with Crippen LogP contribution in [0.4, 0.5) is 0 Å². The van der Waals surface area contributed by atoms with Gasteiger partial charge in [0.15, 0.2) is 0 Å².